The van der Waals surface area contributed by atoms with Crippen LogP contribution in [0.2, 0.25) is 0 Å². The maximum Gasteiger partial charge on any atom is 0.338 e. The average molecular weight is 404 g/mol. The zero-order valence-electron chi connectivity index (χ0n) is 16.3. The van der Waals surface area contributed by atoms with Gasteiger partial charge in [-0.05, 0) is 56.2 Å². The topological polar surface area (TPSA) is 102 Å². The first-order valence-electron chi connectivity index (χ1n) is 8.78. The molecule has 2 N–H and O–H groups in total. The summed E-state index contributed by atoms with van der Waals surface area (Å²) in [4.78, 5) is 24.3. The van der Waals surface area contributed by atoms with Crippen LogP contribution in [0.4, 0.5) is 5.69 Å². The fourth-order valence-electron chi connectivity index (χ4n) is 2.81. The molecule has 0 spiro atoms. The van der Waals surface area contributed by atoms with E-state index < -0.39 is 28.5 Å². The van der Waals surface area contributed by atoms with Crippen LogP contribution in [-0.2, 0) is 19.6 Å². The predicted octanol–water partition coefficient (Wildman–Crippen LogP) is 2.71. The van der Waals surface area contributed by atoms with Crippen molar-refractivity contribution in [2.24, 2.45) is 0 Å². The Morgan fingerprint density at radius 2 is 1.57 bits per heavy atom. The molecule has 2 aromatic carbocycles. The number of nitrogens with one attached hydrogen (secondary N) is 2. The molecule has 0 aliphatic rings. The molecule has 0 unspecified atom stereocenters. The highest BCUT2D eigenvalue weighted by atomic mass is 32.2. The summed E-state index contributed by atoms with van der Waals surface area (Å²) in [6, 6.07) is 9.23. The van der Waals surface area contributed by atoms with Gasteiger partial charge in [0, 0.05) is 12.2 Å². The largest absolute Gasteiger partial charge is 0.452 e. The highest BCUT2D eigenvalue weighted by Gasteiger charge is 2.15. The fraction of sp³-hybridized carbons (Fsp3) is 0.300. The smallest absolute Gasteiger partial charge is 0.338 e. The summed E-state index contributed by atoms with van der Waals surface area (Å²) in [5, 5.41) is 2.75. The van der Waals surface area contributed by atoms with Crippen LogP contribution < -0.4 is 10.0 Å². The normalized spacial score (nSPS) is 11.1. The Hall–Kier alpha value is -2.71. The molecule has 0 radical (unpaired) electrons. The van der Waals surface area contributed by atoms with Crippen molar-refractivity contribution >= 4 is 27.6 Å². The van der Waals surface area contributed by atoms with Gasteiger partial charge in [-0.2, -0.15) is 0 Å². The summed E-state index contributed by atoms with van der Waals surface area (Å²) in [5.74, 6) is -1.16. The molecule has 150 valence electrons. The number of ether oxygens (including phenoxy) is 1. The summed E-state index contributed by atoms with van der Waals surface area (Å²) in [7, 11) is -3.59. The molecular formula is C20H24N2O5S. The molecule has 7 nitrogen and oxygen atoms in total. The Bertz CT molecular complexity index is 959. The van der Waals surface area contributed by atoms with E-state index in [0.717, 1.165) is 16.7 Å². The molecule has 0 saturated carbocycles. The molecule has 0 aliphatic carbocycles. The first kappa shape index (κ1) is 21.6. The van der Waals surface area contributed by atoms with E-state index in [0.29, 0.717) is 5.69 Å². The van der Waals surface area contributed by atoms with Gasteiger partial charge in [0.1, 0.15) is 0 Å². The van der Waals surface area contributed by atoms with Crippen molar-refractivity contribution in [2.75, 3.05) is 18.5 Å². The summed E-state index contributed by atoms with van der Waals surface area (Å²) >= 11 is 0. The number of hydrogen-bond donors (Lipinski definition) is 2. The number of aryl methyl sites for hydroxylation is 3. The minimum Gasteiger partial charge on any atom is -0.452 e. The van der Waals surface area contributed by atoms with Crippen LogP contribution in [0.25, 0.3) is 0 Å². The molecule has 0 saturated heterocycles. The van der Waals surface area contributed by atoms with Crippen LogP contribution in [0.5, 0.6) is 0 Å². The van der Waals surface area contributed by atoms with Gasteiger partial charge in [-0.1, -0.05) is 24.6 Å². The third kappa shape index (κ3) is 5.40. The van der Waals surface area contributed by atoms with Crippen LogP contribution >= 0.6 is 0 Å². The molecule has 2 rings (SSSR count). The lowest BCUT2D eigenvalue weighted by atomic mass is 10.1. The van der Waals surface area contributed by atoms with Gasteiger partial charge in [-0.15, -0.1) is 0 Å². The molecular weight excluding hydrogens is 380 g/mol. The Morgan fingerprint density at radius 1 is 1.00 bits per heavy atom. The molecule has 0 fully saturated rings. The van der Waals surface area contributed by atoms with Gasteiger partial charge >= 0.3 is 5.97 Å². The van der Waals surface area contributed by atoms with Crippen LogP contribution in [0.3, 0.4) is 0 Å². The van der Waals surface area contributed by atoms with Crippen molar-refractivity contribution in [1.82, 2.24) is 4.72 Å². The third-order valence-corrected chi connectivity index (χ3v) is 5.57. The molecule has 0 atom stereocenters. The van der Waals surface area contributed by atoms with Crippen molar-refractivity contribution in [1.29, 1.82) is 0 Å². The molecule has 1 amide bonds. The summed E-state index contributed by atoms with van der Waals surface area (Å²) in [6.45, 7) is 7.26. The highest BCUT2D eigenvalue weighted by Crippen LogP contribution is 2.21. The van der Waals surface area contributed by atoms with Gasteiger partial charge in [0.25, 0.3) is 5.91 Å². The van der Waals surface area contributed by atoms with Crippen LogP contribution in [-0.4, -0.2) is 33.4 Å². The standard InChI is InChI=1S/C20H24N2O5S/c1-5-21-28(25,26)17-8-6-16(7-9-17)20(24)27-12-18(23)22-19-14(3)10-13(2)11-15(19)4/h6-11,21H,5,12H2,1-4H3,(H,22,23). The Balaban J connectivity index is 1.98. The van der Waals surface area contributed by atoms with Crippen LogP contribution in [0, 0.1) is 20.8 Å². The van der Waals surface area contributed by atoms with Gasteiger partial charge in [-0.3, -0.25) is 4.79 Å². The van der Waals surface area contributed by atoms with Gasteiger partial charge in [0.05, 0.1) is 10.5 Å². The van der Waals surface area contributed by atoms with E-state index in [1.165, 1.54) is 24.3 Å². The monoisotopic (exact) mass is 404 g/mol. The first-order valence-corrected chi connectivity index (χ1v) is 10.3. The van der Waals surface area contributed by atoms with E-state index >= 15 is 0 Å². The summed E-state index contributed by atoms with van der Waals surface area (Å²) in [6.07, 6.45) is 0. The van der Waals surface area contributed by atoms with E-state index in [1.54, 1.807) is 6.92 Å². The lowest BCUT2D eigenvalue weighted by Crippen LogP contribution is -2.23. The van der Waals surface area contributed by atoms with Gasteiger partial charge < -0.3 is 10.1 Å². The summed E-state index contributed by atoms with van der Waals surface area (Å²) < 4.78 is 31.2. The molecule has 28 heavy (non-hydrogen) atoms. The molecule has 2 aromatic rings. The number of carbonyl (C=O) groups excluding carboxylic acids is 2. The first-order chi connectivity index (χ1) is 13.1. The number of anilines is 1. The van der Waals surface area contributed by atoms with Crippen LogP contribution in [0.15, 0.2) is 41.3 Å². The zero-order chi connectivity index (χ0) is 20.9. The van der Waals surface area contributed by atoms with Crippen molar-refractivity contribution < 1.29 is 22.7 Å². The number of carbonyl (C=O) groups is 2. The SMILES string of the molecule is CCNS(=O)(=O)c1ccc(C(=O)OCC(=O)Nc2c(C)cc(C)cc2C)cc1. The second-order valence-electron chi connectivity index (χ2n) is 6.42. The number of amides is 1. The summed E-state index contributed by atoms with van der Waals surface area (Å²) in [5.41, 5.74) is 3.80. The van der Waals surface area contributed by atoms with Crippen molar-refractivity contribution in [3.63, 3.8) is 0 Å². The minimum absolute atomic E-state index is 0.0500. The number of esters is 1. The van der Waals surface area contributed by atoms with Crippen molar-refractivity contribution in [2.45, 2.75) is 32.6 Å². The van der Waals surface area contributed by atoms with Crippen molar-refractivity contribution in [3.05, 3.63) is 58.7 Å². The second kappa shape index (κ2) is 8.99. The minimum atomic E-state index is -3.59. The Morgan fingerprint density at radius 3 is 2.11 bits per heavy atom. The Kier molecular flexibility index (Phi) is 6.93. The maximum atomic E-state index is 12.1. The number of sulfonamides is 1. The van der Waals surface area contributed by atoms with E-state index in [-0.39, 0.29) is 17.0 Å². The number of benzene rings is 2. The number of hydrogen-bond acceptors (Lipinski definition) is 5. The molecule has 0 bridgehead atoms. The van der Waals surface area contributed by atoms with E-state index in [2.05, 4.69) is 10.0 Å². The molecule has 0 aliphatic heterocycles. The van der Waals surface area contributed by atoms with E-state index in [1.807, 2.05) is 32.9 Å². The van der Waals surface area contributed by atoms with Crippen molar-refractivity contribution in [3.8, 4) is 0 Å². The second-order valence-corrected chi connectivity index (χ2v) is 8.19. The molecule has 0 heterocycles. The van der Waals surface area contributed by atoms with Gasteiger partial charge in [0.2, 0.25) is 10.0 Å². The van der Waals surface area contributed by atoms with Gasteiger partial charge in [-0.25, -0.2) is 17.9 Å². The maximum absolute atomic E-state index is 12.1. The molecule has 8 heteroatoms. The zero-order valence-corrected chi connectivity index (χ0v) is 17.1. The average Bonchev–Trinajstić information content (AvgIpc) is 2.62. The predicted molar refractivity (Wildman–Crippen MR) is 107 cm³/mol. The number of rotatable bonds is 7. The lowest BCUT2D eigenvalue weighted by Gasteiger charge is -2.13. The van der Waals surface area contributed by atoms with E-state index in [9.17, 15) is 18.0 Å². The van der Waals surface area contributed by atoms with E-state index in [4.69, 9.17) is 4.74 Å². The molecule has 0 aromatic heterocycles. The van der Waals surface area contributed by atoms with Crippen LogP contribution in [0.1, 0.15) is 34.0 Å². The third-order valence-electron chi connectivity index (χ3n) is 4.01. The fourth-order valence-corrected chi connectivity index (χ4v) is 3.85. The quantitative estimate of drug-likeness (QED) is 0.691. The Labute approximate surface area is 165 Å². The highest BCUT2D eigenvalue weighted by molar-refractivity contribution is 7.89. The van der Waals surface area contributed by atoms with Gasteiger partial charge in [0.15, 0.2) is 6.61 Å². The lowest BCUT2D eigenvalue weighted by molar-refractivity contribution is -0.119.